The van der Waals surface area contributed by atoms with E-state index in [4.69, 9.17) is 0 Å². The highest BCUT2D eigenvalue weighted by molar-refractivity contribution is 5.39. The van der Waals surface area contributed by atoms with Gasteiger partial charge >= 0.3 is 0 Å². The summed E-state index contributed by atoms with van der Waals surface area (Å²) >= 11 is 0. The number of piperidine rings is 1. The largest absolute Gasteiger partial charge is 0.356 e. The molecule has 1 aromatic rings. The van der Waals surface area contributed by atoms with Gasteiger partial charge in [-0.05, 0) is 45.9 Å². The second-order valence-corrected chi connectivity index (χ2v) is 4.93. The van der Waals surface area contributed by atoms with Crippen LogP contribution in [0.4, 0.5) is 5.82 Å². The minimum absolute atomic E-state index is 0.306. The zero-order valence-electron chi connectivity index (χ0n) is 10.5. The fraction of sp³-hybridized carbons (Fsp3) is 0.615. The van der Waals surface area contributed by atoms with E-state index in [0.717, 1.165) is 24.6 Å². The normalized spacial score (nSPS) is 19.8. The Kier molecular flexibility index (Phi) is 3.15. The van der Waals surface area contributed by atoms with Crippen LogP contribution in [0.15, 0.2) is 18.2 Å². The van der Waals surface area contributed by atoms with Crippen LogP contribution in [-0.4, -0.2) is 30.7 Å². The molecule has 3 heteroatoms. The van der Waals surface area contributed by atoms with Crippen molar-refractivity contribution < 1.29 is 0 Å². The summed E-state index contributed by atoms with van der Waals surface area (Å²) in [6, 6.07) is 6.24. The number of aromatic nitrogens is 1. The number of hydrogen-bond acceptors (Lipinski definition) is 3. The Hall–Kier alpha value is -1.09. The van der Waals surface area contributed by atoms with Crippen molar-refractivity contribution in [1.29, 1.82) is 0 Å². The molecule has 0 amide bonds. The summed E-state index contributed by atoms with van der Waals surface area (Å²) in [5.41, 5.74) is 1.40. The van der Waals surface area contributed by atoms with Crippen LogP contribution in [0.5, 0.6) is 0 Å². The Morgan fingerprint density at radius 1 is 1.31 bits per heavy atom. The van der Waals surface area contributed by atoms with Crippen molar-refractivity contribution in [2.24, 2.45) is 0 Å². The maximum absolute atomic E-state index is 4.58. The van der Waals surface area contributed by atoms with Crippen molar-refractivity contribution in [3.8, 4) is 0 Å². The summed E-state index contributed by atoms with van der Waals surface area (Å²) in [6.07, 6.45) is 2.36. The van der Waals surface area contributed by atoms with Gasteiger partial charge in [0.1, 0.15) is 5.82 Å². The monoisotopic (exact) mass is 219 g/mol. The minimum Gasteiger partial charge on any atom is -0.356 e. The second-order valence-electron chi connectivity index (χ2n) is 4.93. The summed E-state index contributed by atoms with van der Waals surface area (Å²) in [6.45, 7) is 6.53. The highest BCUT2D eigenvalue weighted by Gasteiger charge is 2.28. The summed E-state index contributed by atoms with van der Waals surface area (Å²) in [4.78, 5) is 6.96. The lowest BCUT2D eigenvalue weighted by Crippen LogP contribution is -2.50. The first-order chi connectivity index (χ1) is 7.63. The molecule has 0 aromatic carbocycles. The number of nitrogens with zero attached hydrogens (tertiary/aromatic N) is 2. The molecule has 2 rings (SSSR count). The first-order valence-electron chi connectivity index (χ1n) is 6.00. The molecule has 1 N–H and O–H groups in total. The van der Waals surface area contributed by atoms with Crippen LogP contribution in [0.2, 0.25) is 0 Å². The average molecular weight is 219 g/mol. The number of hydrogen-bond donors (Lipinski definition) is 1. The van der Waals surface area contributed by atoms with E-state index in [9.17, 15) is 0 Å². The Labute approximate surface area is 97.9 Å². The number of nitrogens with one attached hydrogen (secondary N) is 1. The van der Waals surface area contributed by atoms with Gasteiger partial charge in [0.15, 0.2) is 0 Å². The third-order valence-electron chi connectivity index (χ3n) is 3.67. The van der Waals surface area contributed by atoms with Crippen LogP contribution in [0.1, 0.15) is 25.5 Å². The maximum atomic E-state index is 4.58. The highest BCUT2D eigenvalue weighted by atomic mass is 15.2. The van der Waals surface area contributed by atoms with E-state index in [1.165, 1.54) is 12.8 Å². The fourth-order valence-corrected chi connectivity index (χ4v) is 2.18. The molecule has 2 heterocycles. The molecule has 16 heavy (non-hydrogen) atoms. The molecule has 1 aromatic heterocycles. The molecule has 0 aliphatic carbocycles. The van der Waals surface area contributed by atoms with Gasteiger partial charge in [0.25, 0.3) is 0 Å². The molecule has 1 saturated heterocycles. The van der Waals surface area contributed by atoms with Crippen molar-refractivity contribution in [3.63, 3.8) is 0 Å². The molecule has 0 atom stereocenters. The molecule has 3 nitrogen and oxygen atoms in total. The summed E-state index contributed by atoms with van der Waals surface area (Å²) in [7, 11) is 2.06. The molecule has 0 bridgehead atoms. The van der Waals surface area contributed by atoms with E-state index in [2.05, 4.69) is 41.3 Å². The Balaban J connectivity index is 2.04. The smallest absolute Gasteiger partial charge is 0.128 e. The molecule has 0 spiro atoms. The van der Waals surface area contributed by atoms with Crippen LogP contribution in [0, 0.1) is 6.92 Å². The van der Waals surface area contributed by atoms with E-state index in [1.54, 1.807) is 0 Å². The molecule has 88 valence electrons. The molecule has 1 aliphatic rings. The summed E-state index contributed by atoms with van der Waals surface area (Å²) in [5, 5.41) is 3.42. The van der Waals surface area contributed by atoms with E-state index in [-0.39, 0.29) is 0 Å². The van der Waals surface area contributed by atoms with Crippen molar-refractivity contribution in [3.05, 3.63) is 23.9 Å². The van der Waals surface area contributed by atoms with Crippen molar-refractivity contribution in [2.75, 3.05) is 25.0 Å². The van der Waals surface area contributed by atoms with Crippen molar-refractivity contribution in [1.82, 2.24) is 10.3 Å². The van der Waals surface area contributed by atoms with Gasteiger partial charge in [0.05, 0.1) is 0 Å². The van der Waals surface area contributed by atoms with E-state index in [0.29, 0.717) is 5.54 Å². The predicted molar refractivity (Wildman–Crippen MR) is 67.9 cm³/mol. The summed E-state index contributed by atoms with van der Waals surface area (Å²) < 4.78 is 0. The van der Waals surface area contributed by atoms with Crippen LogP contribution >= 0.6 is 0 Å². The lowest BCUT2D eigenvalue weighted by molar-refractivity contribution is 0.304. The van der Waals surface area contributed by atoms with E-state index in [1.807, 2.05) is 13.0 Å². The lowest BCUT2D eigenvalue weighted by atomic mass is 9.90. The molecule has 0 unspecified atom stereocenters. The topological polar surface area (TPSA) is 28.2 Å². The molecule has 1 fully saturated rings. The van der Waals surface area contributed by atoms with Crippen LogP contribution in [0.3, 0.4) is 0 Å². The summed E-state index contributed by atoms with van der Waals surface area (Å²) in [5.74, 6) is 1.12. The molecular formula is C13H21N3. The number of aryl methyl sites for hydroxylation is 1. The third-order valence-corrected chi connectivity index (χ3v) is 3.67. The van der Waals surface area contributed by atoms with Crippen LogP contribution in [0.25, 0.3) is 0 Å². The third kappa shape index (κ3) is 2.35. The standard InChI is InChI=1S/C13H21N3/c1-11-5-4-6-12(15-11)16-9-7-13(2,14-3)8-10-16/h4-6,14H,7-10H2,1-3H3. The first-order valence-corrected chi connectivity index (χ1v) is 6.00. The molecule has 1 aliphatic heterocycles. The fourth-order valence-electron chi connectivity index (χ4n) is 2.18. The Morgan fingerprint density at radius 3 is 2.56 bits per heavy atom. The molecule has 0 radical (unpaired) electrons. The Bertz CT molecular complexity index is 354. The minimum atomic E-state index is 0.306. The van der Waals surface area contributed by atoms with Gasteiger partial charge in [-0.3, -0.25) is 0 Å². The zero-order chi connectivity index (χ0) is 11.6. The van der Waals surface area contributed by atoms with Gasteiger partial charge in [-0.2, -0.15) is 0 Å². The van der Waals surface area contributed by atoms with Gasteiger partial charge in [-0.15, -0.1) is 0 Å². The molecular weight excluding hydrogens is 198 g/mol. The predicted octanol–water partition coefficient (Wildman–Crippen LogP) is 1.97. The zero-order valence-corrected chi connectivity index (χ0v) is 10.5. The first kappa shape index (κ1) is 11.4. The van der Waals surface area contributed by atoms with Gasteiger partial charge in [-0.25, -0.2) is 4.98 Å². The van der Waals surface area contributed by atoms with Crippen molar-refractivity contribution >= 4 is 5.82 Å². The number of rotatable bonds is 2. The molecule has 0 saturated carbocycles. The van der Waals surface area contributed by atoms with Gasteiger partial charge in [0.2, 0.25) is 0 Å². The van der Waals surface area contributed by atoms with Crippen LogP contribution < -0.4 is 10.2 Å². The van der Waals surface area contributed by atoms with Gasteiger partial charge in [0, 0.05) is 24.3 Å². The number of pyridine rings is 1. The van der Waals surface area contributed by atoms with Gasteiger partial charge < -0.3 is 10.2 Å². The Morgan fingerprint density at radius 2 is 2.00 bits per heavy atom. The number of anilines is 1. The maximum Gasteiger partial charge on any atom is 0.128 e. The lowest BCUT2D eigenvalue weighted by Gasteiger charge is -2.39. The van der Waals surface area contributed by atoms with Crippen LogP contribution in [-0.2, 0) is 0 Å². The van der Waals surface area contributed by atoms with E-state index < -0.39 is 0 Å². The SMILES string of the molecule is CNC1(C)CCN(c2cccc(C)n2)CC1. The quantitative estimate of drug-likeness (QED) is 0.824. The van der Waals surface area contributed by atoms with E-state index >= 15 is 0 Å². The second kappa shape index (κ2) is 4.42. The van der Waals surface area contributed by atoms with Gasteiger partial charge in [-0.1, -0.05) is 6.07 Å². The average Bonchev–Trinajstić information content (AvgIpc) is 2.30. The van der Waals surface area contributed by atoms with Crippen molar-refractivity contribution in [2.45, 2.75) is 32.2 Å². The highest BCUT2D eigenvalue weighted by Crippen LogP contribution is 2.24.